The van der Waals surface area contributed by atoms with Crippen LogP contribution in [0.5, 0.6) is 11.5 Å². The minimum atomic E-state index is -5.88. The lowest BCUT2D eigenvalue weighted by atomic mass is 9.95. The smallest absolute Gasteiger partial charge is 0.457 e. The third-order valence-electron chi connectivity index (χ3n) is 5.66. The molecule has 0 aliphatic rings. The van der Waals surface area contributed by atoms with E-state index in [1.54, 1.807) is 18.2 Å². The molecule has 2 unspecified atom stereocenters. The van der Waals surface area contributed by atoms with Crippen molar-refractivity contribution >= 4 is 11.6 Å². The Morgan fingerprint density at radius 1 is 0.842 bits per heavy atom. The lowest BCUT2D eigenvalue weighted by molar-refractivity contribution is -0.289. The first kappa shape index (κ1) is 29.7. The van der Waals surface area contributed by atoms with Gasteiger partial charge in [0.15, 0.2) is 6.10 Å². The Morgan fingerprint density at radius 2 is 1.45 bits per heavy atom. The van der Waals surface area contributed by atoms with E-state index in [0.717, 1.165) is 11.6 Å². The van der Waals surface area contributed by atoms with Gasteiger partial charge in [-0.3, -0.25) is 0 Å². The topological polar surface area (TPSA) is 41.5 Å². The molecule has 0 saturated heterocycles. The fourth-order valence-electron chi connectivity index (χ4n) is 3.63. The van der Waals surface area contributed by atoms with Crippen LogP contribution in [-0.2, 0) is 12.3 Å². The molecule has 206 valence electrons. The molecule has 0 heterocycles. The van der Waals surface area contributed by atoms with Crippen LogP contribution in [-0.4, -0.2) is 30.1 Å². The third kappa shape index (κ3) is 6.95. The number of alkyl halides is 8. The Morgan fingerprint density at radius 3 is 2.05 bits per heavy atom. The van der Waals surface area contributed by atoms with Crippen LogP contribution in [0.25, 0.3) is 0 Å². The molecule has 3 aromatic rings. The second kappa shape index (κ2) is 11.5. The van der Waals surface area contributed by atoms with Gasteiger partial charge in [-0.15, -0.1) is 0 Å². The highest BCUT2D eigenvalue weighted by Gasteiger charge is 2.58. The molecule has 0 aliphatic heterocycles. The van der Waals surface area contributed by atoms with E-state index < -0.39 is 42.5 Å². The summed E-state index contributed by atoms with van der Waals surface area (Å²) in [7, 11) is 0. The second-order valence-corrected chi connectivity index (χ2v) is 8.78. The van der Waals surface area contributed by atoms with Gasteiger partial charge in [0.25, 0.3) is 0 Å². The van der Waals surface area contributed by atoms with E-state index in [9.17, 15) is 40.2 Å². The van der Waals surface area contributed by atoms with E-state index in [1.807, 2.05) is 6.92 Å². The average molecular weight is 568 g/mol. The van der Waals surface area contributed by atoms with Crippen molar-refractivity contribution in [2.45, 2.75) is 43.8 Å². The molecule has 2 N–H and O–H groups in total. The summed E-state index contributed by atoms with van der Waals surface area (Å²) in [6.45, 7) is 0.823. The SMILES string of the molecule is CCc1cc(Oc2cccc(C(NCC(O)C(F)(F)F)c3cccc(C(F)(F)C(F)(F)F)c3)c2)ccc1Cl. The number of ether oxygens (including phenoxy) is 1. The van der Waals surface area contributed by atoms with Gasteiger partial charge in [-0.25, -0.2) is 0 Å². The molecule has 0 saturated carbocycles. The molecule has 3 rings (SSSR count). The van der Waals surface area contributed by atoms with E-state index in [1.165, 1.54) is 30.3 Å². The average Bonchev–Trinajstić information content (AvgIpc) is 2.84. The van der Waals surface area contributed by atoms with Crippen LogP contribution in [0.15, 0.2) is 66.7 Å². The van der Waals surface area contributed by atoms with Gasteiger partial charge in [0.05, 0.1) is 6.04 Å². The van der Waals surface area contributed by atoms with Crippen molar-refractivity contribution in [1.29, 1.82) is 0 Å². The number of halogens is 9. The number of rotatable bonds is 9. The van der Waals surface area contributed by atoms with Crippen molar-refractivity contribution < 1.29 is 45.0 Å². The number of hydrogen-bond donors (Lipinski definition) is 2. The Hall–Kier alpha value is -2.89. The second-order valence-electron chi connectivity index (χ2n) is 8.38. The Kier molecular flexibility index (Phi) is 8.95. The largest absolute Gasteiger partial charge is 0.458 e. The molecule has 0 fully saturated rings. The summed E-state index contributed by atoms with van der Waals surface area (Å²) in [6, 6.07) is 12.7. The molecule has 3 aromatic carbocycles. The Labute approximate surface area is 218 Å². The number of aliphatic hydroxyl groups excluding tert-OH is 1. The van der Waals surface area contributed by atoms with Gasteiger partial charge in [0.2, 0.25) is 0 Å². The highest BCUT2D eigenvalue weighted by Crippen LogP contribution is 2.44. The molecule has 0 aromatic heterocycles. The Balaban J connectivity index is 2.00. The van der Waals surface area contributed by atoms with Crippen molar-refractivity contribution in [2.24, 2.45) is 0 Å². The summed E-state index contributed by atoms with van der Waals surface area (Å²) in [4.78, 5) is 0. The molecule has 38 heavy (non-hydrogen) atoms. The highest BCUT2D eigenvalue weighted by atomic mass is 35.5. The monoisotopic (exact) mass is 567 g/mol. The summed E-state index contributed by atoms with van der Waals surface area (Å²) < 4.78 is 111. The van der Waals surface area contributed by atoms with Crippen LogP contribution in [0, 0.1) is 0 Å². The first-order valence-electron chi connectivity index (χ1n) is 11.2. The molecule has 0 aliphatic carbocycles. The fourth-order valence-corrected chi connectivity index (χ4v) is 3.88. The van der Waals surface area contributed by atoms with Crippen molar-refractivity contribution in [3.63, 3.8) is 0 Å². The molecule has 0 radical (unpaired) electrons. The van der Waals surface area contributed by atoms with Crippen LogP contribution in [0.4, 0.5) is 35.1 Å². The predicted octanol–water partition coefficient (Wildman–Crippen LogP) is 7.95. The standard InChI is InChI=1S/C26H22ClF8NO2/c1-2-15-12-20(9-10-21(15)27)38-19-8-4-6-17(13-19)23(36-14-22(37)25(30,31)32)16-5-3-7-18(11-16)24(28,29)26(33,34)35/h3-13,22-23,36-37H,2,14H2,1H3. The van der Waals surface area contributed by atoms with Crippen molar-refractivity contribution in [3.05, 3.63) is 94.0 Å². The van der Waals surface area contributed by atoms with Crippen molar-refractivity contribution in [1.82, 2.24) is 5.32 Å². The lowest BCUT2D eigenvalue weighted by Gasteiger charge is -2.25. The van der Waals surface area contributed by atoms with E-state index in [2.05, 4.69) is 5.32 Å². The number of benzene rings is 3. The molecule has 3 nitrogen and oxygen atoms in total. The van der Waals surface area contributed by atoms with E-state index in [-0.39, 0.29) is 16.9 Å². The molecule has 12 heteroatoms. The minimum Gasteiger partial charge on any atom is -0.457 e. The summed E-state index contributed by atoms with van der Waals surface area (Å²) >= 11 is 6.11. The maximum atomic E-state index is 14.0. The quantitative estimate of drug-likeness (QED) is 0.258. The van der Waals surface area contributed by atoms with Gasteiger partial charge in [-0.1, -0.05) is 48.9 Å². The zero-order chi connectivity index (χ0) is 28.3. The van der Waals surface area contributed by atoms with Crippen LogP contribution >= 0.6 is 11.6 Å². The number of hydrogen-bond acceptors (Lipinski definition) is 3. The molecule has 0 bridgehead atoms. The maximum Gasteiger partial charge on any atom is 0.458 e. The minimum absolute atomic E-state index is 0.183. The van der Waals surface area contributed by atoms with E-state index in [4.69, 9.17) is 16.3 Å². The number of nitrogens with one attached hydrogen (secondary N) is 1. The normalized spacial score (nSPS) is 14.3. The summed E-state index contributed by atoms with van der Waals surface area (Å²) in [5.74, 6) is -4.59. The van der Waals surface area contributed by atoms with Crippen LogP contribution < -0.4 is 10.1 Å². The van der Waals surface area contributed by atoms with Gasteiger partial charge in [0.1, 0.15) is 11.5 Å². The van der Waals surface area contributed by atoms with Gasteiger partial charge in [0, 0.05) is 17.1 Å². The molecule has 0 spiro atoms. The molecular formula is C26H22ClF8NO2. The van der Waals surface area contributed by atoms with Crippen LogP contribution in [0.3, 0.4) is 0 Å². The molecular weight excluding hydrogens is 546 g/mol. The van der Waals surface area contributed by atoms with Crippen molar-refractivity contribution in [2.75, 3.05) is 6.54 Å². The zero-order valence-corrected chi connectivity index (χ0v) is 20.4. The third-order valence-corrected chi connectivity index (χ3v) is 6.03. The first-order valence-corrected chi connectivity index (χ1v) is 11.6. The van der Waals surface area contributed by atoms with E-state index in [0.29, 0.717) is 29.3 Å². The molecule has 0 amide bonds. The number of aliphatic hydroxyl groups is 1. The van der Waals surface area contributed by atoms with Gasteiger partial charge in [-0.05, 0) is 59.5 Å². The number of aryl methyl sites for hydroxylation is 1. The lowest BCUT2D eigenvalue weighted by Crippen LogP contribution is -2.40. The summed E-state index contributed by atoms with van der Waals surface area (Å²) in [6.07, 6.45) is -13.1. The van der Waals surface area contributed by atoms with Gasteiger partial charge >= 0.3 is 18.3 Å². The Bertz CT molecular complexity index is 1250. The summed E-state index contributed by atoms with van der Waals surface area (Å²) in [5.41, 5.74) is -0.582. The summed E-state index contributed by atoms with van der Waals surface area (Å²) in [5, 5.41) is 12.4. The zero-order valence-electron chi connectivity index (χ0n) is 19.7. The molecule has 2 atom stereocenters. The predicted molar refractivity (Wildman–Crippen MR) is 126 cm³/mol. The fraction of sp³-hybridized carbons (Fsp3) is 0.308. The first-order chi connectivity index (χ1) is 17.6. The van der Waals surface area contributed by atoms with Crippen LogP contribution in [0.2, 0.25) is 5.02 Å². The van der Waals surface area contributed by atoms with Gasteiger partial charge in [-0.2, -0.15) is 35.1 Å². The van der Waals surface area contributed by atoms with Gasteiger partial charge < -0.3 is 15.2 Å². The van der Waals surface area contributed by atoms with E-state index >= 15 is 0 Å². The highest BCUT2D eigenvalue weighted by molar-refractivity contribution is 6.31. The van der Waals surface area contributed by atoms with Crippen molar-refractivity contribution in [3.8, 4) is 11.5 Å². The van der Waals surface area contributed by atoms with Crippen LogP contribution in [0.1, 0.15) is 35.2 Å². The maximum absolute atomic E-state index is 14.0.